The molecule has 2 rings (SSSR count). The van der Waals surface area contributed by atoms with Crippen molar-refractivity contribution in [2.45, 2.75) is 26.4 Å². The lowest BCUT2D eigenvalue weighted by Crippen LogP contribution is -2.08. The number of aromatic nitrogens is 2. The van der Waals surface area contributed by atoms with Crippen LogP contribution in [0.3, 0.4) is 0 Å². The predicted octanol–water partition coefficient (Wildman–Crippen LogP) is 3.68. The molecule has 0 amide bonds. The maximum absolute atomic E-state index is 5.25. The second-order valence-corrected chi connectivity index (χ2v) is 5.19. The van der Waals surface area contributed by atoms with Crippen molar-refractivity contribution in [3.8, 4) is 5.75 Å². The van der Waals surface area contributed by atoms with Gasteiger partial charge in [-0.05, 0) is 24.6 Å². The number of halogens is 1. The van der Waals surface area contributed by atoms with Crippen LogP contribution < -0.4 is 10.1 Å². The molecule has 1 aromatic heterocycles. The fourth-order valence-corrected chi connectivity index (χ4v) is 2.37. The van der Waals surface area contributed by atoms with E-state index in [1.165, 1.54) is 5.69 Å². The molecule has 0 atom stereocenters. The highest BCUT2D eigenvalue weighted by Gasteiger charge is 2.03. The van der Waals surface area contributed by atoms with Crippen LogP contribution in [-0.4, -0.2) is 16.9 Å². The highest BCUT2D eigenvalue weighted by atomic mass is 79.9. The number of hydrogen-bond donors (Lipinski definition) is 1. The topological polar surface area (TPSA) is 39.1 Å². The molecule has 1 N–H and O–H groups in total. The molecular weight excluding hydrogens is 306 g/mol. The van der Waals surface area contributed by atoms with Gasteiger partial charge in [-0.25, -0.2) is 0 Å². The molecule has 0 unspecified atom stereocenters. The van der Waals surface area contributed by atoms with Crippen LogP contribution in [0.5, 0.6) is 5.75 Å². The first-order valence-electron chi connectivity index (χ1n) is 6.32. The van der Waals surface area contributed by atoms with Crippen molar-refractivity contribution in [2.75, 3.05) is 12.4 Å². The monoisotopic (exact) mass is 323 g/mol. The zero-order valence-electron chi connectivity index (χ0n) is 11.2. The summed E-state index contributed by atoms with van der Waals surface area (Å²) in [4.78, 5) is 0. The van der Waals surface area contributed by atoms with Crippen molar-refractivity contribution in [3.63, 3.8) is 0 Å². The zero-order valence-corrected chi connectivity index (χ0v) is 12.8. The molecule has 0 spiro atoms. The number of hydrogen-bond acceptors (Lipinski definition) is 3. The Morgan fingerprint density at radius 2 is 2.21 bits per heavy atom. The third kappa shape index (κ3) is 3.73. The minimum absolute atomic E-state index is 0.750. The standard InChI is InChI=1S/C14H18BrN3O/c1-3-6-18-13(4-5-17-18)10-16-12-7-11(15)8-14(9-12)19-2/h4-5,7-9,16H,3,6,10H2,1-2H3. The molecule has 1 aromatic carbocycles. The first kappa shape index (κ1) is 13.9. The smallest absolute Gasteiger partial charge is 0.122 e. The number of anilines is 1. The Hall–Kier alpha value is -1.49. The first-order chi connectivity index (χ1) is 9.22. The van der Waals surface area contributed by atoms with E-state index in [9.17, 15) is 0 Å². The molecule has 102 valence electrons. The molecular formula is C14H18BrN3O. The number of rotatable bonds is 6. The lowest BCUT2D eigenvalue weighted by atomic mass is 10.3. The third-order valence-corrected chi connectivity index (χ3v) is 3.28. The lowest BCUT2D eigenvalue weighted by Gasteiger charge is -2.10. The van der Waals surface area contributed by atoms with E-state index in [1.807, 2.05) is 35.1 Å². The van der Waals surface area contributed by atoms with Crippen LogP contribution in [0.4, 0.5) is 5.69 Å². The SMILES string of the molecule is CCCn1nccc1CNc1cc(Br)cc(OC)c1. The molecule has 0 fully saturated rings. The Kier molecular flexibility index (Phi) is 4.85. The second-order valence-electron chi connectivity index (χ2n) is 4.28. The van der Waals surface area contributed by atoms with E-state index in [-0.39, 0.29) is 0 Å². The Balaban J connectivity index is 2.05. The third-order valence-electron chi connectivity index (χ3n) is 2.82. The maximum atomic E-state index is 5.25. The van der Waals surface area contributed by atoms with Gasteiger partial charge in [0.25, 0.3) is 0 Å². The van der Waals surface area contributed by atoms with Gasteiger partial charge in [0.05, 0.1) is 19.3 Å². The Morgan fingerprint density at radius 1 is 1.37 bits per heavy atom. The highest BCUT2D eigenvalue weighted by molar-refractivity contribution is 9.10. The van der Waals surface area contributed by atoms with Gasteiger partial charge < -0.3 is 10.1 Å². The number of methoxy groups -OCH3 is 1. The molecule has 0 aliphatic rings. The largest absolute Gasteiger partial charge is 0.497 e. The zero-order chi connectivity index (χ0) is 13.7. The van der Waals surface area contributed by atoms with Gasteiger partial charge in [-0.1, -0.05) is 22.9 Å². The molecule has 19 heavy (non-hydrogen) atoms. The number of benzene rings is 1. The van der Waals surface area contributed by atoms with Gasteiger partial charge in [0.1, 0.15) is 5.75 Å². The van der Waals surface area contributed by atoms with Gasteiger partial charge in [0.2, 0.25) is 0 Å². The fourth-order valence-electron chi connectivity index (χ4n) is 1.90. The Labute approximate surface area is 121 Å². The summed E-state index contributed by atoms with van der Waals surface area (Å²) in [5.41, 5.74) is 2.20. The van der Waals surface area contributed by atoms with Crippen LogP contribution in [0.2, 0.25) is 0 Å². The number of nitrogens with one attached hydrogen (secondary N) is 1. The van der Waals surface area contributed by atoms with Crippen LogP contribution in [0.1, 0.15) is 19.0 Å². The summed E-state index contributed by atoms with van der Waals surface area (Å²) in [6, 6.07) is 7.98. The lowest BCUT2D eigenvalue weighted by molar-refractivity contribution is 0.414. The highest BCUT2D eigenvalue weighted by Crippen LogP contribution is 2.24. The molecule has 4 nitrogen and oxygen atoms in total. The fraction of sp³-hybridized carbons (Fsp3) is 0.357. The van der Waals surface area contributed by atoms with Crippen molar-refractivity contribution >= 4 is 21.6 Å². The predicted molar refractivity (Wildman–Crippen MR) is 80.5 cm³/mol. The van der Waals surface area contributed by atoms with E-state index in [0.29, 0.717) is 0 Å². The molecule has 0 radical (unpaired) electrons. The summed E-state index contributed by atoms with van der Waals surface area (Å²) in [5.74, 6) is 0.832. The van der Waals surface area contributed by atoms with Crippen LogP contribution in [-0.2, 0) is 13.1 Å². The van der Waals surface area contributed by atoms with Crippen molar-refractivity contribution in [3.05, 3.63) is 40.6 Å². The van der Waals surface area contributed by atoms with E-state index in [4.69, 9.17) is 4.74 Å². The van der Waals surface area contributed by atoms with E-state index in [2.05, 4.69) is 33.3 Å². The van der Waals surface area contributed by atoms with E-state index in [0.717, 1.165) is 35.4 Å². The van der Waals surface area contributed by atoms with Crippen molar-refractivity contribution in [1.82, 2.24) is 9.78 Å². The maximum Gasteiger partial charge on any atom is 0.122 e. The second kappa shape index (κ2) is 6.61. The van der Waals surface area contributed by atoms with Crippen LogP contribution >= 0.6 is 15.9 Å². The summed E-state index contributed by atoms with van der Waals surface area (Å²) >= 11 is 3.47. The quantitative estimate of drug-likeness (QED) is 0.881. The minimum atomic E-state index is 0.750. The normalized spacial score (nSPS) is 10.5. The number of aryl methyl sites for hydroxylation is 1. The van der Waals surface area contributed by atoms with E-state index >= 15 is 0 Å². The number of ether oxygens (including phenoxy) is 1. The van der Waals surface area contributed by atoms with E-state index < -0.39 is 0 Å². The average Bonchev–Trinajstić information content (AvgIpc) is 2.83. The van der Waals surface area contributed by atoms with Gasteiger partial charge in [-0.15, -0.1) is 0 Å². The van der Waals surface area contributed by atoms with Gasteiger partial charge in [0, 0.05) is 29.0 Å². The van der Waals surface area contributed by atoms with Crippen molar-refractivity contribution in [1.29, 1.82) is 0 Å². The molecule has 0 aliphatic carbocycles. The summed E-state index contributed by atoms with van der Waals surface area (Å²) < 4.78 is 8.27. The first-order valence-corrected chi connectivity index (χ1v) is 7.11. The Bertz CT molecular complexity index is 539. The molecule has 0 saturated heterocycles. The summed E-state index contributed by atoms with van der Waals surface area (Å²) in [6.07, 6.45) is 2.92. The molecule has 0 saturated carbocycles. The average molecular weight is 324 g/mol. The van der Waals surface area contributed by atoms with Crippen LogP contribution in [0, 0.1) is 0 Å². The van der Waals surface area contributed by atoms with Gasteiger partial charge in [-0.3, -0.25) is 4.68 Å². The Morgan fingerprint density at radius 3 is 2.95 bits per heavy atom. The summed E-state index contributed by atoms with van der Waals surface area (Å²) in [5, 5.41) is 7.70. The van der Waals surface area contributed by atoms with E-state index in [1.54, 1.807) is 7.11 Å². The molecule has 0 aliphatic heterocycles. The van der Waals surface area contributed by atoms with Gasteiger partial charge in [-0.2, -0.15) is 5.10 Å². The molecule has 0 bridgehead atoms. The van der Waals surface area contributed by atoms with Crippen molar-refractivity contribution < 1.29 is 4.74 Å². The van der Waals surface area contributed by atoms with Gasteiger partial charge >= 0.3 is 0 Å². The van der Waals surface area contributed by atoms with Crippen molar-refractivity contribution in [2.24, 2.45) is 0 Å². The van der Waals surface area contributed by atoms with Gasteiger partial charge in [0.15, 0.2) is 0 Å². The summed E-state index contributed by atoms with van der Waals surface area (Å²) in [7, 11) is 1.67. The minimum Gasteiger partial charge on any atom is -0.497 e. The molecule has 2 aromatic rings. The van der Waals surface area contributed by atoms with Crippen LogP contribution in [0.25, 0.3) is 0 Å². The van der Waals surface area contributed by atoms with Crippen LogP contribution in [0.15, 0.2) is 34.9 Å². The number of nitrogens with zero attached hydrogens (tertiary/aromatic N) is 2. The summed E-state index contributed by atoms with van der Waals surface area (Å²) in [6.45, 7) is 3.85. The molecule has 1 heterocycles. The molecule has 5 heteroatoms.